The second kappa shape index (κ2) is 5.91. The molecule has 2 heterocycles. The molecule has 2 aliphatic heterocycles. The summed E-state index contributed by atoms with van der Waals surface area (Å²) in [6, 6.07) is 5.72. The third kappa shape index (κ3) is 2.96. The van der Waals surface area contributed by atoms with Gasteiger partial charge in [-0.3, -0.25) is 10.1 Å². The van der Waals surface area contributed by atoms with Gasteiger partial charge in [-0.25, -0.2) is 0 Å². The first-order valence-corrected chi connectivity index (χ1v) is 7.27. The second-order valence-corrected chi connectivity index (χ2v) is 5.50. The molecule has 21 heavy (non-hydrogen) atoms. The van der Waals surface area contributed by atoms with Gasteiger partial charge in [0, 0.05) is 13.1 Å². The molecular formula is C15H20N2O4. The average molecular weight is 292 g/mol. The molecule has 3 N–H and O–H groups in total. The van der Waals surface area contributed by atoms with Crippen LogP contribution in [0.4, 0.5) is 0 Å². The number of hydrogen-bond acceptors (Lipinski definition) is 5. The minimum Gasteiger partial charge on any atom is -0.486 e. The molecule has 1 fully saturated rings. The van der Waals surface area contributed by atoms with Gasteiger partial charge in [0.15, 0.2) is 11.5 Å². The predicted octanol–water partition coefficient (Wildman–Crippen LogP) is 0.754. The highest BCUT2D eigenvalue weighted by molar-refractivity contribution is 5.79. The van der Waals surface area contributed by atoms with Gasteiger partial charge < -0.3 is 19.9 Å². The van der Waals surface area contributed by atoms with Crippen LogP contribution in [0.25, 0.3) is 0 Å². The van der Waals surface area contributed by atoms with Crippen molar-refractivity contribution >= 4 is 5.97 Å². The highest BCUT2D eigenvalue weighted by atomic mass is 16.6. The van der Waals surface area contributed by atoms with Crippen LogP contribution in [-0.2, 0) is 11.3 Å². The van der Waals surface area contributed by atoms with Crippen molar-refractivity contribution in [2.75, 3.05) is 26.3 Å². The van der Waals surface area contributed by atoms with Gasteiger partial charge in [0.25, 0.3) is 0 Å². The fraction of sp³-hybridized carbons (Fsp3) is 0.533. The van der Waals surface area contributed by atoms with Crippen LogP contribution in [-0.4, -0.2) is 42.9 Å². The Morgan fingerprint density at radius 3 is 2.86 bits per heavy atom. The molecule has 6 nitrogen and oxygen atoms in total. The Labute approximate surface area is 123 Å². The van der Waals surface area contributed by atoms with E-state index in [1.165, 1.54) is 0 Å². The lowest BCUT2D eigenvalue weighted by Gasteiger charge is -2.34. The number of piperidine rings is 1. The minimum absolute atomic E-state index is 0.451. The number of fused-ring (bicyclic) bond motifs is 1. The monoisotopic (exact) mass is 292 g/mol. The maximum absolute atomic E-state index is 11.6. The highest BCUT2D eigenvalue weighted by Gasteiger charge is 2.39. The fourth-order valence-electron chi connectivity index (χ4n) is 2.78. The SMILES string of the molecule is O=C(O)C1(NCc2ccc3c(c2)OCCO3)CCCNC1. The Morgan fingerprint density at radius 2 is 2.14 bits per heavy atom. The lowest BCUT2D eigenvalue weighted by molar-refractivity contribution is -0.145. The van der Waals surface area contributed by atoms with Gasteiger partial charge in [-0.15, -0.1) is 0 Å². The van der Waals surface area contributed by atoms with Gasteiger partial charge in [-0.2, -0.15) is 0 Å². The van der Waals surface area contributed by atoms with E-state index < -0.39 is 11.5 Å². The van der Waals surface area contributed by atoms with Crippen molar-refractivity contribution in [2.45, 2.75) is 24.9 Å². The van der Waals surface area contributed by atoms with Crippen LogP contribution in [0.2, 0.25) is 0 Å². The van der Waals surface area contributed by atoms with Crippen LogP contribution < -0.4 is 20.1 Å². The van der Waals surface area contributed by atoms with E-state index in [2.05, 4.69) is 10.6 Å². The smallest absolute Gasteiger partial charge is 0.325 e. The molecule has 0 bridgehead atoms. The summed E-state index contributed by atoms with van der Waals surface area (Å²) in [5.41, 5.74) is 0.108. The van der Waals surface area contributed by atoms with Crippen LogP contribution in [0.3, 0.4) is 0 Å². The Hall–Kier alpha value is -1.79. The molecule has 0 spiro atoms. The number of aliphatic carboxylic acids is 1. The van der Waals surface area contributed by atoms with Crippen molar-refractivity contribution in [3.05, 3.63) is 23.8 Å². The Kier molecular flexibility index (Phi) is 3.98. The summed E-state index contributed by atoms with van der Waals surface area (Å²) in [7, 11) is 0. The summed E-state index contributed by atoms with van der Waals surface area (Å²) in [6.07, 6.45) is 1.50. The Balaban J connectivity index is 1.70. The zero-order valence-electron chi connectivity index (χ0n) is 11.9. The molecule has 1 unspecified atom stereocenters. The van der Waals surface area contributed by atoms with Crippen LogP contribution in [0, 0.1) is 0 Å². The summed E-state index contributed by atoms with van der Waals surface area (Å²) in [5, 5.41) is 15.9. The topological polar surface area (TPSA) is 79.8 Å². The zero-order chi connectivity index (χ0) is 14.7. The normalized spacial score (nSPS) is 24.6. The van der Waals surface area contributed by atoms with Crippen molar-refractivity contribution in [3.63, 3.8) is 0 Å². The van der Waals surface area contributed by atoms with E-state index in [1.54, 1.807) is 0 Å². The van der Waals surface area contributed by atoms with Gasteiger partial charge in [0.2, 0.25) is 0 Å². The van der Waals surface area contributed by atoms with Gasteiger partial charge in [0.05, 0.1) is 0 Å². The van der Waals surface area contributed by atoms with E-state index in [1.807, 2.05) is 18.2 Å². The summed E-state index contributed by atoms with van der Waals surface area (Å²) < 4.78 is 11.0. The van der Waals surface area contributed by atoms with Gasteiger partial charge >= 0.3 is 5.97 Å². The maximum Gasteiger partial charge on any atom is 0.325 e. The van der Waals surface area contributed by atoms with Crippen molar-refractivity contribution in [3.8, 4) is 11.5 Å². The summed E-state index contributed by atoms with van der Waals surface area (Å²) in [4.78, 5) is 11.6. The number of nitrogens with one attached hydrogen (secondary N) is 2. The number of benzene rings is 1. The molecule has 0 aromatic heterocycles. The van der Waals surface area contributed by atoms with Gasteiger partial charge in [0.1, 0.15) is 18.8 Å². The number of rotatable bonds is 4. The highest BCUT2D eigenvalue weighted by Crippen LogP contribution is 2.31. The number of carboxylic acid groups (broad SMARTS) is 1. The molecule has 0 radical (unpaired) electrons. The molecule has 2 aliphatic rings. The van der Waals surface area contributed by atoms with Gasteiger partial charge in [-0.1, -0.05) is 6.07 Å². The van der Waals surface area contributed by atoms with Crippen molar-refractivity contribution < 1.29 is 19.4 Å². The summed E-state index contributed by atoms with van der Waals surface area (Å²) in [5.74, 6) is 0.677. The molecule has 0 aliphatic carbocycles. The quantitative estimate of drug-likeness (QED) is 0.760. The number of hydrogen-bond donors (Lipinski definition) is 3. The number of carboxylic acids is 1. The molecule has 1 aromatic rings. The average Bonchev–Trinajstić information content (AvgIpc) is 2.53. The zero-order valence-corrected chi connectivity index (χ0v) is 11.9. The first-order chi connectivity index (χ1) is 10.2. The van der Waals surface area contributed by atoms with E-state index >= 15 is 0 Å². The van der Waals surface area contributed by atoms with E-state index in [0.29, 0.717) is 32.7 Å². The minimum atomic E-state index is -0.883. The number of carbonyl (C=O) groups is 1. The van der Waals surface area contributed by atoms with Crippen LogP contribution in [0.15, 0.2) is 18.2 Å². The molecule has 6 heteroatoms. The lowest BCUT2D eigenvalue weighted by atomic mass is 9.90. The van der Waals surface area contributed by atoms with E-state index in [9.17, 15) is 9.90 Å². The van der Waals surface area contributed by atoms with Crippen LogP contribution >= 0.6 is 0 Å². The molecule has 1 saturated heterocycles. The second-order valence-electron chi connectivity index (χ2n) is 5.50. The maximum atomic E-state index is 11.6. The first kappa shape index (κ1) is 14.2. The molecule has 0 amide bonds. The standard InChI is InChI=1S/C15H20N2O4/c18-14(19)15(4-1-5-16-10-15)17-9-11-2-3-12-13(8-11)21-7-6-20-12/h2-3,8,16-17H,1,4-7,9-10H2,(H,18,19). The van der Waals surface area contributed by atoms with Crippen molar-refractivity contribution in [2.24, 2.45) is 0 Å². The van der Waals surface area contributed by atoms with Crippen molar-refractivity contribution in [1.82, 2.24) is 10.6 Å². The Bertz CT molecular complexity index is 526. The van der Waals surface area contributed by atoms with Crippen LogP contribution in [0.1, 0.15) is 18.4 Å². The van der Waals surface area contributed by atoms with Crippen molar-refractivity contribution in [1.29, 1.82) is 0 Å². The molecule has 1 aromatic carbocycles. The number of ether oxygens (including phenoxy) is 2. The first-order valence-electron chi connectivity index (χ1n) is 7.27. The predicted molar refractivity (Wildman–Crippen MR) is 76.7 cm³/mol. The molecular weight excluding hydrogens is 272 g/mol. The molecule has 114 valence electrons. The molecule has 0 saturated carbocycles. The van der Waals surface area contributed by atoms with Gasteiger partial charge in [-0.05, 0) is 37.1 Å². The van der Waals surface area contributed by atoms with E-state index in [-0.39, 0.29) is 0 Å². The molecule has 1 atom stereocenters. The molecule has 3 rings (SSSR count). The summed E-state index contributed by atoms with van der Waals surface area (Å²) >= 11 is 0. The lowest BCUT2D eigenvalue weighted by Crippen LogP contribution is -2.60. The Morgan fingerprint density at radius 1 is 1.33 bits per heavy atom. The largest absolute Gasteiger partial charge is 0.486 e. The summed E-state index contributed by atoms with van der Waals surface area (Å²) in [6.45, 7) is 2.93. The third-order valence-corrected chi connectivity index (χ3v) is 4.03. The van der Waals surface area contributed by atoms with E-state index in [4.69, 9.17) is 9.47 Å². The van der Waals surface area contributed by atoms with E-state index in [0.717, 1.165) is 30.0 Å². The fourth-order valence-corrected chi connectivity index (χ4v) is 2.78. The van der Waals surface area contributed by atoms with Crippen LogP contribution in [0.5, 0.6) is 11.5 Å². The third-order valence-electron chi connectivity index (χ3n) is 4.03.